The number of hydrogen-bond donors (Lipinski definition) is 3. The molecule has 6 amide bonds. The second kappa shape index (κ2) is 11.6. The number of likely N-dealkylation sites (tertiary alicyclic amines) is 1. The van der Waals surface area contributed by atoms with E-state index in [1.807, 2.05) is 6.08 Å². The molecular formula is C36H32Cl2N4O7. The number of ether oxygens (including phenoxy) is 1. The Bertz CT molecular complexity index is 1990. The number of phenols is 1. The van der Waals surface area contributed by atoms with Crippen molar-refractivity contribution in [3.05, 3.63) is 98.5 Å². The highest BCUT2D eigenvalue weighted by Crippen LogP contribution is 2.64. The number of benzene rings is 3. The number of halogens is 2. The Morgan fingerprint density at radius 1 is 0.959 bits per heavy atom. The molecule has 0 aromatic heterocycles. The molecular weight excluding hydrogens is 671 g/mol. The van der Waals surface area contributed by atoms with E-state index >= 15 is 4.79 Å². The number of carbonyl (C=O) groups excluding carboxylic acids is 5. The number of urea groups is 1. The largest absolute Gasteiger partial charge is 0.507 e. The quantitative estimate of drug-likeness (QED) is 0.236. The minimum absolute atomic E-state index is 0.0221. The normalized spacial score (nSPS) is 27.4. The summed E-state index contributed by atoms with van der Waals surface area (Å²) >= 11 is 12.6. The van der Waals surface area contributed by atoms with Crippen molar-refractivity contribution in [1.29, 1.82) is 0 Å². The summed E-state index contributed by atoms with van der Waals surface area (Å²) in [5.74, 6) is -6.26. The van der Waals surface area contributed by atoms with Gasteiger partial charge in [0, 0.05) is 10.9 Å². The van der Waals surface area contributed by atoms with Crippen LogP contribution in [0, 0.1) is 37.5 Å². The van der Waals surface area contributed by atoms with Gasteiger partial charge in [0.25, 0.3) is 11.8 Å². The van der Waals surface area contributed by atoms with Crippen molar-refractivity contribution in [3.8, 4) is 11.5 Å². The molecule has 2 saturated heterocycles. The number of rotatable bonds is 5. The first-order valence-electron chi connectivity index (χ1n) is 15.7. The van der Waals surface area contributed by atoms with Gasteiger partial charge in [-0.15, -0.1) is 0 Å². The monoisotopic (exact) mass is 702 g/mol. The zero-order chi connectivity index (χ0) is 35.1. The van der Waals surface area contributed by atoms with Crippen LogP contribution < -0.4 is 15.9 Å². The highest BCUT2D eigenvalue weighted by atomic mass is 35.5. The van der Waals surface area contributed by atoms with E-state index in [2.05, 4.69) is 5.43 Å². The summed E-state index contributed by atoms with van der Waals surface area (Å²) in [6.45, 7) is 3.49. The lowest BCUT2D eigenvalue weighted by atomic mass is 9.49. The number of aromatic hydroxyl groups is 1. The van der Waals surface area contributed by atoms with Crippen LogP contribution in [0.1, 0.15) is 41.0 Å². The fraction of sp³-hybridized carbons (Fsp3) is 0.306. The van der Waals surface area contributed by atoms with Gasteiger partial charge < -0.3 is 15.6 Å². The summed E-state index contributed by atoms with van der Waals surface area (Å²) in [7, 11) is 1.52. The third-order valence-electron chi connectivity index (χ3n) is 10.6. The smallest absolute Gasteiger partial charge is 0.328 e. The van der Waals surface area contributed by atoms with E-state index in [0.29, 0.717) is 43.5 Å². The molecule has 6 atom stereocenters. The molecule has 13 heteroatoms. The molecule has 3 aromatic carbocycles. The van der Waals surface area contributed by atoms with Gasteiger partial charge in [-0.3, -0.25) is 24.6 Å². The molecule has 252 valence electrons. The number of aryl methyl sites for hydroxylation is 2. The van der Waals surface area contributed by atoms with Gasteiger partial charge >= 0.3 is 6.03 Å². The Kier molecular flexibility index (Phi) is 7.75. The molecule has 4 aliphatic rings. The second-order valence-electron chi connectivity index (χ2n) is 13.1. The predicted molar refractivity (Wildman–Crippen MR) is 180 cm³/mol. The summed E-state index contributed by atoms with van der Waals surface area (Å²) in [6, 6.07) is 14.0. The average Bonchev–Trinajstić information content (AvgIpc) is 3.45. The van der Waals surface area contributed by atoms with Crippen molar-refractivity contribution in [2.45, 2.75) is 38.0 Å². The highest BCUT2D eigenvalue weighted by Gasteiger charge is 2.70. The van der Waals surface area contributed by atoms with E-state index in [1.165, 1.54) is 13.2 Å². The van der Waals surface area contributed by atoms with Crippen LogP contribution >= 0.6 is 23.2 Å². The number of hydrazine groups is 1. The fourth-order valence-electron chi connectivity index (χ4n) is 8.59. The highest BCUT2D eigenvalue weighted by molar-refractivity contribution is 6.36. The molecule has 0 spiro atoms. The zero-order valence-electron chi connectivity index (χ0n) is 26.7. The van der Waals surface area contributed by atoms with Crippen molar-refractivity contribution >= 4 is 58.5 Å². The maximum atomic E-state index is 15.3. The maximum Gasteiger partial charge on any atom is 0.328 e. The van der Waals surface area contributed by atoms with Crippen LogP contribution in [0.25, 0.3) is 0 Å². The van der Waals surface area contributed by atoms with Crippen LogP contribution in [0.5, 0.6) is 11.5 Å². The van der Waals surface area contributed by atoms with Gasteiger partial charge in [-0.1, -0.05) is 59.1 Å². The van der Waals surface area contributed by atoms with Crippen molar-refractivity contribution < 1.29 is 33.8 Å². The molecule has 3 fully saturated rings. The number of phenolic OH excluding ortho intramolecular Hbond substituents is 1. The number of hydrogen-bond acceptors (Lipinski definition) is 8. The number of carbonyl (C=O) groups is 5. The molecule has 7 rings (SSSR count). The van der Waals surface area contributed by atoms with Gasteiger partial charge in [0.1, 0.15) is 11.5 Å². The minimum Gasteiger partial charge on any atom is -0.507 e. The molecule has 49 heavy (non-hydrogen) atoms. The lowest BCUT2D eigenvalue weighted by Crippen LogP contribution is -2.53. The van der Waals surface area contributed by atoms with Gasteiger partial charge in [0.05, 0.1) is 41.0 Å². The second-order valence-corrected chi connectivity index (χ2v) is 13.9. The van der Waals surface area contributed by atoms with Gasteiger partial charge in [0.2, 0.25) is 11.8 Å². The predicted octanol–water partition coefficient (Wildman–Crippen LogP) is 5.39. The van der Waals surface area contributed by atoms with Gasteiger partial charge in [-0.2, -0.15) is 9.91 Å². The van der Waals surface area contributed by atoms with Gasteiger partial charge in [0.15, 0.2) is 0 Å². The Morgan fingerprint density at radius 3 is 2.24 bits per heavy atom. The van der Waals surface area contributed by atoms with E-state index in [-0.39, 0.29) is 29.3 Å². The van der Waals surface area contributed by atoms with Gasteiger partial charge in [-0.05, 0) is 85.2 Å². The first kappa shape index (κ1) is 32.7. The average molecular weight is 704 g/mol. The summed E-state index contributed by atoms with van der Waals surface area (Å²) < 4.78 is 5.43. The Morgan fingerprint density at radius 2 is 1.63 bits per heavy atom. The molecule has 3 aromatic rings. The summed E-state index contributed by atoms with van der Waals surface area (Å²) in [5.41, 5.74) is 10.1. The molecule has 1 saturated carbocycles. The molecule has 0 unspecified atom stereocenters. The number of imide groups is 4. The maximum absolute atomic E-state index is 15.3. The zero-order valence-corrected chi connectivity index (χ0v) is 28.2. The van der Waals surface area contributed by atoms with Crippen LogP contribution in [0.4, 0.5) is 10.5 Å². The van der Waals surface area contributed by atoms with Crippen LogP contribution in [-0.4, -0.2) is 51.8 Å². The van der Waals surface area contributed by atoms with E-state index in [0.717, 1.165) is 5.01 Å². The minimum atomic E-state index is -1.56. The lowest BCUT2D eigenvalue weighted by Gasteiger charge is -2.50. The lowest BCUT2D eigenvalue weighted by molar-refractivity contribution is -0.139. The molecule has 2 heterocycles. The van der Waals surface area contributed by atoms with Gasteiger partial charge in [-0.25, -0.2) is 4.79 Å². The number of anilines is 1. The molecule has 2 aliphatic carbocycles. The van der Waals surface area contributed by atoms with Crippen molar-refractivity contribution in [2.75, 3.05) is 12.5 Å². The van der Waals surface area contributed by atoms with E-state index in [1.54, 1.807) is 62.4 Å². The Balaban J connectivity index is 1.49. The summed E-state index contributed by atoms with van der Waals surface area (Å²) in [5, 5.41) is 12.3. The number of amides is 6. The Hall–Kier alpha value is -4.87. The summed E-state index contributed by atoms with van der Waals surface area (Å²) in [6.07, 6.45) is 2.02. The molecule has 4 N–H and O–H groups in total. The molecule has 0 bridgehead atoms. The van der Waals surface area contributed by atoms with Crippen LogP contribution in [0.15, 0.2) is 66.2 Å². The molecule has 11 nitrogen and oxygen atoms in total. The number of methoxy groups -OCH3 is 1. The number of nitrogens with two attached hydrogens (primary N) is 1. The van der Waals surface area contributed by atoms with Crippen LogP contribution in [0.3, 0.4) is 0 Å². The van der Waals surface area contributed by atoms with Crippen molar-refractivity contribution in [3.63, 3.8) is 0 Å². The topological polar surface area (TPSA) is 159 Å². The number of nitrogens with zero attached hydrogens (tertiary/aromatic N) is 2. The molecule has 2 aliphatic heterocycles. The van der Waals surface area contributed by atoms with E-state index in [9.17, 15) is 24.3 Å². The summed E-state index contributed by atoms with van der Waals surface area (Å²) in [4.78, 5) is 69.9. The third-order valence-corrected chi connectivity index (χ3v) is 11.2. The van der Waals surface area contributed by atoms with E-state index < -0.39 is 64.7 Å². The third kappa shape index (κ3) is 4.66. The van der Waals surface area contributed by atoms with E-state index in [4.69, 9.17) is 33.7 Å². The van der Waals surface area contributed by atoms with Crippen molar-refractivity contribution in [1.82, 2.24) is 9.91 Å². The number of fused-ring (bicyclic) bond motifs is 4. The number of allylic oxidation sites excluding steroid dienone is 2. The van der Waals surface area contributed by atoms with Crippen LogP contribution in [0.2, 0.25) is 10.0 Å². The first-order valence-corrected chi connectivity index (χ1v) is 16.5. The number of primary amides is 1. The Labute approximate surface area is 291 Å². The first-order chi connectivity index (χ1) is 23.3. The van der Waals surface area contributed by atoms with Crippen molar-refractivity contribution in [2.24, 2.45) is 29.4 Å². The molecule has 0 radical (unpaired) electrons. The standard InChI is InChI=1S/C36H32Cl2N4O7/c1-16-12-18(13-17(2)30(16)43)29-22-9-10-23-28(33(46)41(31(23)44)35(39)48)24(22)15-25-32(45)42(40-27-11-6-20(37)14-26(27)38)34(47)36(25,29)19-4-7-21(49-3)8-5-19/h4-9,11-14,23-25,28-29,40,43H,10,15H2,1-3H3,(H2,39,48)/t23-,24+,25-,28-,29-,36+/m0/s1. The number of nitrogens with one attached hydrogen (secondary N) is 1. The van der Waals surface area contributed by atoms with Crippen LogP contribution in [-0.2, 0) is 24.6 Å². The fourth-order valence-corrected chi connectivity index (χ4v) is 9.04. The SMILES string of the molecule is COc1ccc([C@@]23C(=O)N(Nc4ccc(Cl)cc4Cl)C(=O)[C@@H]2C[C@@H]2C(=CC[C@@H]4C(=O)N(C(N)=O)C(=O)[C@@H]42)[C@@H]3c2cc(C)c(O)c(C)c2)cc1.